The van der Waals surface area contributed by atoms with Crippen LogP contribution < -0.4 is 43.0 Å². The molecule has 0 bridgehead atoms. The molecule has 3 aliphatic heterocycles. The summed E-state index contributed by atoms with van der Waals surface area (Å²) >= 11 is 8.69. The van der Waals surface area contributed by atoms with Crippen molar-refractivity contribution in [3.8, 4) is 0 Å². The number of fused-ring (bicyclic) bond motifs is 3. The first-order valence-corrected chi connectivity index (χ1v) is 16.9. The van der Waals surface area contributed by atoms with E-state index in [4.69, 9.17) is 25.5 Å². The summed E-state index contributed by atoms with van der Waals surface area (Å²) in [5.74, 6) is -0.407. The molecule has 0 amide bonds. The minimum absolute atomic E-state index is 0.0448. The van der Waals surface area contributed by atoms with Crippen LogP contribution in [0.5, 0.6) is 0 Å². The number of rotatable bonds is 9. The van der Waals surface area contributed by atoms with Crippen molar-refractivity contribution >= 4 is 75.5 Å². The number of nitrogens with one attached hydrogen (secondary N) is 4. The molecule has 9 atom stereocenters. The first kappa shape index (κ1) is 33.9. The number of nitrogen functional groups attached to an aromatic ring is 2. The number of anilines is 4. The Morgan fingerprint density at radius 2 is 1.62 bits per heavy atom. The molecule has 1 fully saturated rings. The highest BCUT2D eigenvalue weighted by atomic mass is 32.1. The van der Waals surface area contributed by atoms with Crippen LogP contribution in [0, 0.1) is 0 Å². The molecule has 3 aliphatic rings. The van der Waals surface area contributed by atoms with Crippen LogP contribution in [-0.2, 0) is 32.0 Å². The topological polar surface area (TPSA) is 352 Å². The van der Waals surface area contributed by atoms with Gasteiger partial charge in [-0.25, -0.2) is 9.29 Å². The second kappa shape index (κ2) is 12.5. The van der Waals surface area contributed by atoms with E-state index < -0.39 is 82.9 Å². The molecule has 0 radical (unpaired) electrons. The predicted molar refractivity (Wildman–Crippen MR) is 161 cm³/mol. The van der Waals surface area contributed by atoms with E-state index in [2.05, 4.69) is 69.6 Å². The second-order valence-corrected chi connectivity index (χ2v) is 14.1. The molecule has 7 unspecified atom stereocenters. The Balaban J connectivity index is 1.06. The van der Waals surface area contributed by atoms with Crippen molar-refractivity contribution in [3.05, 3.63) is 36.8 Å². The van der Waals surface area contributed by atoms with Gasteiger partial charge in [0.1, 0.15) is 36.1 Å². The fourth-order valence-electron chi connectivity index (χ4n) is 4.91. The Hall–Kier alpha value is -3.03. The molecular formula is C20H24N10O13P2S2-2. The maximum absolute atomic E-state index is 12.4. The summed E-state index contributed by atoms with van der Waals surface area (Å²) in [6.45, 7) is -1.84. The Labute approximate surface area is 271 Å². The molecule has 1 saturated heterocycles. The summed E-state index contributed by atoms with van der Waals surface area (Å²) in [5, 5.41) is 26.7. The largest absolute Gasteiger partial charge is 0.756 e. The van der Waals surface area contributed by atoms with Gasteiger partial charge in [-0.05, 0) is 0 Å². The highest BCUT2D eigenvalue weighted by molar-refractivity contribution is 7.88. The van der Waals surface area contributed by atoms with E-state index in [0.29, 0.717) is 0 Å². The lowest BCUT2D eigenvalue weighted by Gasteiger charge is -2.41. The fraction of sp³-hybridized carbons (Fsp3) is 0.450. The maximum Gasteiger partial charge on any atom is 0.280 e. The average Bonchev–Trinajstić information content (AvgIpc) is 3.52. The summed E-state index contributed by atoms with van der Waals surface area (Å²) in [6, 6.07) is -0.762. The molecule has 27 heteroatoms. The number of ether oxygens (including phenoxy) is 2. The quantitative estimate of drug-likeness (QED) is 0.0758. The van der Waals surface area contributed by atoms with Crippen molar-refractivity contribution in [1.82, 2.24) is 29.5 Å². The van der Waals surface area contributed by atoms with Gasteiger partial charge in [0.2, 0.25) is 11.9 Å². The lowest BCUT2D eigenvalue weighted by molar-refractivity contribution is -0.246. The highest BCUT2D eigenvalue weighted by Crippen LogP contribution is 2.56. The standard InChI is InChI=1S/C20H26N10O13P2S2/c21-19-26-13-7(15(33)28-19)24-6-12(47)11(46)5(41-17(6)25-13)2-40-45(37,38)43-44(35,36)39-1-4-9(31)10(32)18(42-4)30-3-23-8-14(30)27-20(22)29-16(8)34/h3-6,9-10,17-18,24,31-32,46-47H,1-2H2,(H,35,36)(H,37,38)(H3,22,27,29,34)(H4,21,25,26,28,33)/p-2/t4-,5?,6?,9?,10?,17?,18-/m1/s1. The minimum atomic E-state index is -5.69. The van der Waals surface area contributed by atoms with Crippen molar-refractivity contribution in [2.75, 3.05) is 35.3 Å². The smallest absolute Gasteiger partial charge is 0.280 e. The highest BCUT2D eigenvalue weighted by Gasteiger charge is 2.45. The number of aromatic nitrogens is 6. The zero-order chi connectivity index (χ0) is 34.0. The monoisotopic (exact) mass is 738 g/mol. The van der Waals surface area contributed by atoms with E-state index in [0.717, 1.165) is 10.9 Å². The van der Waals surface area contributed by atoms with Crippen molar-refractivity contribution in [2.45, 2.75) is 42.9 Å². The number of nitrogens with zero attached hydrogens (tertiary/aromatic N) is 4. The van der Waals surface area contributed by atoms with Gasteiger partial charge in [0, 0.05) is 9.81 Å². The van der Waals surface area contributed by atoms with Crippen LogP contribution in [0.15, 0.2) is 25.7 Å². The Bertz CT molecular complexity index is 1970. The van der Waals surface area contributed by atoms with Crippen molar-refractivity contribution < 1.29 is 52.0 Å². The normalized spacial score (nSPS) is 29.8. The molecule has 0 aromatic carbocycles. The molecule has 256 valence electrons. The summed E-state index contributed by atoms with van der Waals surface area (Å²) in [6.07, 6.45) is -7.54. The Morgan fingerprint density at radius 1 is 0.957 bits per heavy atom. The molecule has 23 nitrogen and oxygen atoms in total. The maximum atomic E-state index is 12.4. The number of hydrogen-bond acceptors (Lipinski definition) is 22. The zero-order valence-corrected chi connectivity index (χ0v) is 26.7. The number of hydrogen-bond donors (Lipinski definition) is 10. The summed E-state index contributed by atoms with van der Waals surface area (Å²) in [4.78, 5) is 65.8. The molecule has 47 heavy (non-hydrogen) atoms. The average molecular weight is 739 g/mol. The van der Waals surface area contributed by atoms with E-state index >= 15 is 0 Å². The first-order valence-electron chi connectivity index (χ1n) is 13.1. The minimum Gasteiger partial charge on any atom is -0.756 e. The molecule has 6 rings (SSSR count). The van der Waals surface area contributed by atoms with Crippen molar-refractivity contribution in [2.24, 2.45) is 0 Å². The van der Waals surface area contributed by atoms with Crippen LogP contribution in [0.4, 0.5) is 23.4 Å². The Morgan fingerprint density at radius 3 is 2.34 bits per heavy atom. The molecule has 0 saturated carbocycles. The van der Waals surface area contributed by atoms with Crippen LogP contribution in [0.3, 0.4) is 0 Å². The van der Waals surface area contributed by atoms with Gasteiger partial charge in [0.25, 0.3) is 26.8 Å². The van der Waals surface area contributed by atoms with Gasteiger partial charge in [-0.1, -0.05) is 0 Å². The van der Waals surface area contributed by atoms with Crippen molar-refractivity contribution in [3.63, 3.8) is 0 Å². The number of aliphatic hydroxyl groups is 2. The lowest BCUT2D eigenvalue weighted by Crippen LogP contribution is -2.52. The Kier molecular flexibility index (Phi) is 8.97. The molecule has 6 heterocycles. The molecule has 3 aromatic rings. The third-order valence-corrected chi connectivity index (χ3v) is 10.8. The number of nitrogens with two attached hydrogens (primary N) is 2. The third kappa shape index (κ3) is 6.67. The van der Waals surface area contributed by atoms with Gasteiger partial charge in [-0.15, -0.1) is 25.3 Å². The molecule has 10 N–H and O–H groups in total. The van der Waals surface area contributed by atoms with Crippen LogP contribution in [-0.4, -0.2) is 89.6 Å². The fourth-order valence-corrected chi connectivity index (χ4v) is 7.53. The summed E-state index contributed by atoms with van der Waals surface area (Å²) < 4.78 is 50.7. The SMILES string of the molecule is Nc1nc2c(c(=O)[nH]1)NC1C(S)=C(S)C(COP(=O)([O-])OP(=O)([O-])OC[C@H]3O[C@@H](n4cnc5c(=O)[nH]c(N)nc54)C(O)C3O)OC1N2. The van der Waals surface area contributed by atoms with E-state index in [1.54, 1.807) is 0 Å². The molecule has 0 spiro atoms. The number of phosphoric acid groups is 2. The predicted octanol–water partition coefficient (Wildman–Crippen LogP) is -3.32. The number of phosphoric ester groups is 2. The van der Waals surface area contributed by atoms with E-state index in [1.165, 1.54) is 0 Å². The van der Waals surface area contributed by atoms with Gasteiger partial charge >= 0.3 is 0 Å². The van der Waals surface area contributed by atoms with Gasteiger partial charge in [-0.3, -0.25) is 33.3 Å². The van der Waals surface area contributed by atoms with Gasteiger partial charge in [0.15, 0.2) is 29.4 Å². The zero-order valence-electron chi connectivity index (χ0n) is 23.2. The number of thiol groups is 2. The van der Waals surface area contributed by atoms with Gasteiger partial charge in [-0.2, -0.15) is 9.97 Å². The number of aromatic amines is 2. The number of aliphatic hydroxyl groups excluding tert-OH is 2. The van der Waals surface area contributed by atoms with E-state index in [1.807, 2.05) is 0 Å². The molecular weight excluding hydrogens is 714 g/mol. The van der Waals surface area contributed by atoms with Crippen LogP contribution in [0.2, 0.25) is 0 Å². The summed E-state index contributed by atoms with van der Waals surface area (Å²) in [5.41, 5.74) is 9.66. The lowest BCUT2D eigenvalue weighted by atomic mass is 10.1. The molecule has 3 aromatic heterocycles. The van der Waals surface area contributed by atoms with Gasteiger partial charge < -0.3 is 60.6 Å². The first-order chi connectivity index (χ1) is 22.0. The van der Waals surface area contributed by atoms with Gasteiger partial charge in [0.05, 0.1) is 19.5 Å². The van der Waals surface area contributed by atoms with Crippen LogP contribution >= 0.6 is 40.9 Å². The van der Waals surface area contributed by atoms with E-state index in [9.17, 15) is 38.7 Å². The number of H-pyrrole nitrogens is 2. The van der Waals surface area contributed by atoms with Crippen LogP contribution in [0.25, 0.3) is 11.2 Å². The second-order valence-electron chi connectivity index (χ2n) is 10.1. The van der Waals surface area contributed by atoms with Crippen molar-refractivity contribution in [1.29, 1.82) is 0 Å². The van der Waals surface area contributed by atoms with Crippen LogP contribution in [0.1, 0.15) is 6.23 Å². The summed E-state index contributed by atoms with van der Waals surface area (Å²) in [7, 11) is -11.3. The van der Waals surface area contributed by atoms with E-state index in [-0.39, 0.29) is 44.4 Å². The number of imidazole rings is 1. The molecule has 0 aliphatic carbocycles. The third-order valence-electron chi connectivity index (χ3n) is 7.04.